The summed E-state index contributed by atoms with van der Waals surface area (Å²) in [6.45, 7) is 0.593. The van der Waals surface area contributed by atoms with Crippen molar-refractivity contribution in [3.8, 4) is 0 Å². The molecule has 0 bridgehead atoms. The highest BCUT2D eigenvalue weighted by atomic mass is 79.9. The van der Waals surface area contributed by atoms with Crippen LogP contribution in [0.5, 0.6) is 0 Å². The molecule has 1 unspecified atom stereocenters. The van der Waals surface area contributed by atoms with Gasteiger partial charge in [0.1, 0.15) is 0 Å². The Morgan fingerprint density at radius 2 is 2.15 bits per heavy atom. The third kappa shape index (κ3) is 2.25. The van der Waals surface area contributed by atoms with E-state index in [0.717, 1.165) is 12.8 Å². The Balaban J connectivity index is 2.14. The van der Waals surface area contributed by atoms with Crippen molar-refractivity contribution in [3.63, 3.8) is 0 Å². The van der Waals surface area contributed by atoms with E-state index < -0.39 is 10.0 Å². The van der Waals surface area contributed by atoms with Crippen molar-refractivity contribution in [2.45, 2.75) is 23.8 Å². The second kappa shape index (κ2) is 5.42. The molecular formula is C14H15BrN2O2S. The topological polar surface area (TPSA) is 50.3 Å². The van der Waals surface area contributed by atoms with Crippen molar-refractivity contribution in [2.24, 2.45) is 0 Å². The highest BCUT2D eigenvalue weighted by Crippen LogP contribution is 2.30. The third-order valence-electron chi connectivity index (χ3n) is 3.69. The van der Waals surface area contributed by atoms with Gasteiger partial charge in [0.15, 0.2) is 0 Å². The minimum absolute atomic E-state index is 0.0481. The van der Waals surface area contributed by atoms with Gasteiger partial charge in [-0.25, -0.2) is 8.42 Å². The van der Waals surface area contributed by atoms with Crippen molar-refractivity contribution in [1.82, 2.24) is 9.29 Å². The number of nitrogens with zero attached hydrogens (tertiary/aromatic N) is 2. The molecule has 106 valence electrons. The molecule has 20 heavy (non-hydrogen) atoms. The van der Waals surface area contributed by atoms with Crippen LogP contribution in [0.1, 0.15) is 12.8 Å². The number of hydrogen-bond acceptors (Lipinski definition) is 3. The summed E-state index contributed by atoms with van der Waals surface area (Å²) in [5.41, 5.74) is 0.711. The lowest BCUT2D eigenvalue weighted by Gasteiger charge is -2.23. The Bertz CT molecular complexity index is 728. The van der Waals surface area contributed by atoms with E-state index in [1.807, 2.05) is 12.1 Å². The lowest BCUT2D eigenvalue weighted by atomic mass is 10.2. The Kier molecular flexibility index (Phi) is 3.79. The molecule has 0 spiro atoms. The summed E-state index contributed by atoms with van der Waals surface area (Å²) in [4.78, 5) is 4.59. The molecule has 1 aromatic carbocycles. The minimum Gasteiger partial charge on any atom is -0.256 e. The Morgan fingerprint density at radius 3 is 2.95 bits per heavy atom. The van der Waals surface area contributed by atoms with E-state index in [1.54, 1.807) is 28.7 Å². The first-order valence-electron chi connectivity index (χ1n) is 6.56. The fraction of sp³-hybridized carbons (Fsp3) is 0.357. The molecular weight excluding hydrogens is 340 g/mol. The lowest BCUT2D eigenvalue weighted by Crippen LogP contribution is -2.36. The molecule has 1 aliphatic heterocycles. The summed E-state index contributed by atoms with van der Waals surface area (Å²) < 4.78 is 27.4. The molecule has 6 heteroatoms. The van der Waals surface area contributed by atoms with Gasteiger partial charge in [-0.05, 0) is 37.1 Å². The maximum Gasteiger partial charge on any atom is 0.244 e. The number of pyridine rings is 1. The van der Waals surface area contributed by atoms with Gasteiger partial charge in [-0.15, -0.1) is 0 Å². The minimum atomic E-state index is -3.46. The Morgan fingerprint density at radius 1 is 1.30 bits per heavy atom. The van der Waals surface area contributed by atoms with Gasteiger partial charge in [0.25, 0.3) is 0 Å². The van der Waals surface area contributed by atoms with Crippen LogP contribution in [0.2, 0.25) is 0 Å². The molecule has 1 aliphatic rings. The molecule has 2 aromatic rings. The molecule has 4 nitrogen and oxygen atoms in total. The number of rotatable bonds is 3. The SMILES string of the molecule is O=S(=O)(c1cccc2ncccc12)N1CCCC1CBr. The van der Waals surface area contributed by atoms with Crippen LogP contribution in [-0.2, 0) is 10.0 Å². The normalized spacial score (nSPS) is 20.6. The number of hydrogen-bond donors (Lipinski definition) is 0. The molecule has 3 rings (SSSR count). The average molecular weight is 355 g/mol. The fourth-order valence-electron chi connectivity index (χ4n) is 2.71. The maximum atomic E-state index is 12.9. The van der Waals surface area contributed by atoms with E-state index in [9.17, 15) is 8.42 Å². The lowest BCUT2D eigenvalue weighted by molar-refractivity contribution is 0.414. The summed E-state index contributed by atoms with van der Waals surface area (Å²) >= 11 is 3.41. The van der Waals surface area contributed by atoms with Crippen LogP contribution in [0.4, 0.5) is 0 Å². The number of aromatic nitrogens is 1. The largest absolute Gasteiger partial charge is 0.256 e. The highest BCUT2D eigenvalue weighted by molar-refractivity contribution is 9.09. The predicted molar refractivity (Wildman–Crippen MR) is 82.5 cm³/mol. The van der Waals surface area contributed by atoms with Gasteiger partial charge in [0, 0.05) is 29.5 Å². The predicted octanol–water partition coefficient (Wildman–Crippen LogP) is 2.78. The number of sulfonamides is 1. The zero-order valence-corrected chi connectivity index (χ0v) is 13.3. The summed E-state index contributed by atoms with van der Waals surface area (Å²) in [7, 11) is -3.46. The molecule has 1 atom stereocenters. The van der Waals surface area contributed by atoms with E-state index in [-0.39, 0.29) is 6.04 Å². The van der Waals surface area contributed by atoms with Crippen LogP contribution in [0.25, 0.3) is 10.9 Å². The molecule has 0 radical (unpaired) electrons. The molecule has 0 N–H and O–H groups in total. The van der Waals surface area contributed by atoms with Gasteiger partial charge in [0.05, 0.1) is 10.4 Å². The van der Waals surface area contributed by atoms with Crippen LogP contribution in [0.15, 0.2) is 41.4 Å². The van der Waals surface area contributed by atoms with Crippen molar-refractivity contribution in [2.75, 3.05) is 11.9 Å². The zero-order chi connectivity index (χ0) is 14.2. The quantitative estimate of drug-likeness (QED) is 0.796. The van der Waals surface area contributed by atoms with Crippen LogP contribution < -0.4 is 0 Å². The van der Waals surface area contributed by atoms with Crippen LogP contribution in [0, 0.1) is 0 Å². The number of halogens is 1. The van der Waals surface area contributed by atoms with Crippen molar-refractivity contribution >= 4 is 36.9 Å². The first kappa shape index (κ1) is 14.0. The summed E-state index contributed by atoms with van der Waals surface area (Å²) in [5.74, 6) is 0. The molecule has 0 saturated carbocycles. The second-order valence-electron chi connectivity index (χ2n) is 4.89. The van der Waals surface area contributed by atoms with Crippen molar-refractivity contribution < 1.29 is 8.42 Å². The highest BCUT2D eigenvalue weighted by Gasteiger charge is 2.35. The molecule has 0 aliphatic carbocycles. The van der Waals surface area contributed by atoms with E-state index >= 15 is 0 Å². The van der Waals surface area contributed by atoms with E-state index in [2.05, 4.69) is 20.9 Å². The third-order valence-corrected chi connectivity index (χ3v) is 6.45. The molecule has 1 aromatic heterocycles. The van der Waals surface area contributed by atoms with Crippen LogP contribution >= 0.6 is 15.9 Å². The first-order valence-corrected chi connectivity index (χ1v) is 9.12. The van der Waals surface area contributed by atoms with E-state index in [1.165, 1.54) is 0 Å². The molecule has 2 heterocycles. The Labute approximate surface area is 127 Å². The summed E-state index contributed by atoms with van der Waals surface area (Å²) in [6, 6.07) is 8.89. The monoisotopic (exact) mass is 354 g/mol. The van der Waals surface area contributed by atoms with Gasteiger partial charge in [0.2, 0.25) is 10.0 Å². The molecule has 1 fully saturated rings. The first-order chi connectivity index (χ1) is 9.64. The molecule has 1 saturated heterocycles. The number of alkyl halides is 1. The number of benzene rings is 1. The summed E-state index contributed by atoms with van der Waals surface area (Å²) in [6.07, 6.45) is 3.50. The van der Waals surface area contributed by atoms with Crippen molar-refractivity contribution in [1.29, 1.82) is 0 Å². The van der Waals surface area contributed by atoms with Crippen LogP contribution in [0.3, 0.4) is 0 Å². The van der Waals surface area contributed by atoms with Gasteiger partial charge >= 0.3 is 0 Å². The number of fused-ring (bicyclic) bond motifs is 1. The smallest absolute Gasteiger partial charge is 0.244 e. The van der Waals surface area contributed by atoms with Gasteiger partial charge in [-0.1, -0.05) is 22.0 Å². The van der Waals surface area contributed by atoms with Crippen LogP contribution in [-0.4, -0.2) is 35.6 Å². The second-order valence-corrected chi connectivity index (χ2v) is 7.40. The standard InChI is InChI=1S/C14H15BrN2O2S/c15-10-11-4-3-9-17(11)20(18,19)14-7-1-6-13-12(14)5-2-8-16-13/h1-2,5-8,11H,3-4,9-10H2. The van der Waals surface area contributed by atoms with E-state index in [0.29, 0.717) is 27.7 Å². The fourth-order valence-corrected chi connectivity index (χ4v) is 5.47. The van der Waals surface area contributed by atoms with Gasteiger partial charge < -0.3 is 0 Å². The zero-order valence-electron chi connectivity index (χ0n) is 10.9. The van der Waals surface area contributed by atoms with Gasteiger partial charge in [-0.3, -0.25) is 4.98 Å². The molecule has 0 amide bonds. The van der Waals surface area contributed by atoms with E-state index in [4.69, 9.17) is 0 Å². The average Bonchev–Trinajstić information content (AvgIpc) is 2.96. The van der Waals surface area contributed by atoms with Gasteiger partial charge in [-0.2, -0.15) is 4.31 Å². The Hall–Kier alpha value is -0.980. The summed E-state index contributed by atoms with van der Waals surface area (Å²) in [5, 5.41) is 1.37. The maximum absolute atomic E-state index is 12.9. The van der Waals surface area contributed by atoms with Crippen molar-refractivity contribution in [3.05, 3.63) is 36.5 Å².